The predicted molar refractivity (Wildman–Crippen MR) is 130 cm³/mol. The smallest absolute Gasteiger partial charge is 0.251 e. The Labute approximate surface area is 189 Å². The summed E-state index contributed by atoms with van der Waals surface area (Å²) < 4.78 is 3.67. The average Bonchev–Trinajstić information content (AvgIpc) is 3.38. The number of aromatic nitrogens is 4. The third-order valence-corrected chi connectivity index (χ3v) is 4.97. The summed E-state index contributed by atoms with van der Waals surface area (Å²) >= 11 is 0. The van der Waals surface area contributed by atoms with Gasteiger partial charge in [0.2, 0.25) is 0 Å². The van der Waals surface area contributed by atoms with E-state index in [9.17, 15) is 9.90 Å². The number of pyridine rings is 2. The number of fused-ring (bicyclic) bond motifs is 3. The van der Waals surface area contributed by atoms with Crippen LogP contribution < -0.4 is 5.56 Å². The van der Waals surface area contributed by atoms with Gasteiger partial charge in [-0.25, -0.2) is 9.97 Å². The monoisotopic (exact) mass is 432 g/mol. The van der Waals surface area contributed by atoms with Crippen LogP contribution in [0.25, 0.3) is 22.4 Å². The Kier molecular flexibility index (Phi) is 7.59. The van der Waals surface area contributed by atoms with Crippen molar-refractivity contribution in [3.8, 4) is 11.3 Å². The first-order valence-corrected chi connectivity index (χ1v) is 11.2. The van der Waals surface area contributed by atoms with Crippen molar-refractivity contribution in [3.63, 3.8) is 0 Å². The number of benzene rings is 1. The number of hydrogen-bond acceptors (Lipinski definition) is 4. The van der Waals surface area contributed by atoms with Crippen LogP contribution >= 0.6 is 0 Å². The van der Waals surface area contributed by atoms with Crippen molar-refractivity contribution >= 4 is 11.2 Å². The molecule has 6 heteroatoms. The molecule has 3 aromatic heterocycles. The maximum atomic E-state index is 12.3. The van der Waals surface area contributed by atoms with Gasteiger partial charge in [-0.2, -0.15) is 0 Å². The van der Waals surface area contributed by atoms with E-state index in [4.69, 9.17) is 4.98 Å². The SMILES string of the molecule is CC.CC(C)(O)Cn1ccc(-c2ccc3nc4n(c3n2)CCC4)cc1=O.c1ccccc1. The second-order valence-corrected chi connectivity index (χ2v) is 8.17. The molecule has 0 atom stereocenters. The molecule has 0 unspecified atom stereocenters. The van der Waals surface area contributed by atoms with Crippen molar-refractivity contribution in [3.05, 3.63) is 83.0 Å². The van der Waals surface area contributed by atoms with E-state index in [0.29, 0.717) is 0 Å². The Morgan fingerprint density at radius 1 is 1.00 bits per heavy atom. The Balaban J connectivity index is 0.000000309. The molecule has 6 nitrogen and oxygen atoms in total. The summed E-state index contributed by atoms with van der Waals surface area (Å²) in [7, 11) is 0. The van der Waals surface area contributed by atoms with Crippen LogP contribution in [0.5, 0.6) is 0 Å². The van der Waals surface area contributed by atoms with E-state index in [1.807, 2.05) is 68.4 Å². The summed E-state index contributed by atoms with van der Waals surface area (Å²) in [4.78, 5) is 21.6. The van der Waals surface area contributed by atoms with Gasteiger partial charge in [0.1, 0.15) is 11.3 Å². The first kappa shape index (κ1) is 23.4. The number of nitrogens with zero attached hydrogens (tertiary/aromatic N) is 4. The summed E-state index contributed by atoms with van der Waals surface area (Å²) in [5, 5.41) is 9.88. The van der Waals surface area contributed by atoms with Crippen LogP contribution in [-0.4, -0.2) is 29.8 Å². The summed E-state index contributed by atoms with van der Waals surface area (Å²) in [5.74, 6) is 1.09. The summed E-state index contributed by atoms with van der Waals surface area (Å²) in [6.45, 7) is 8.58. The average molecular weight is 433 g/mol. The molecular formula is C26H32N4O2. The number of imidazole rings is 1. The third kappa shape index (κ3) is 5.71. The predicted octanol–water partition coefficient (Wildman–Crippen LogP) is 4.69. The van der Waals surface area contributed by atoms with Crippen molar-refractivity contribution < 1.29 is 5.11 Å². The highest BCUT2D eigenvalue weighted by molar-refractivity contribution is 5.76. The van der Waals surface area contributed by atoms with Crippen LogP contribution in [0.15, 0.2) is 71.7 Å². The lowest BCUT2D eigenvalue weighted by Crippen LogP contribution is -2.32. The van der Waals surface area contributed by atoms with Crippen LogP contribution in [0.3, 0.4) is 0 Å². The van der Waals surface area contributed by atoms with E-state index in [1.54, 1.807) is 26.1 Å². The van der Waals surface area contributed by atoms with Crippen molar-refractivity contribution in [1.29, 1.82) is 0 Å². The Bertz CT molecular complexity index is 1180. The molecule has 4 aromatic rings. The van der Waals surface area contributed by atoms with Crippen LogP contribution in [0, 0.1) is 0 Å². The van der Waals surface area contributed by atoms with Gasteiger partial charge in [0.25, 0.3) is 5.56 Å². The molecule has 1 N–H and O–H groups in total. The van der Waals surface area contributed by atoms with Gasteiger partial charge in [-0.3, -0.25) is 4.79 Å². The van der Waals surface area contributed by atoms with E-state index in [0.717, 1.165) is 47.6 Å². The van der Waals surface area contributed by atoms with Gasteiger partial charge in [0, 0.05) is 30.8 Å². The number of aliphatic hydroxyl groups is 1. The fourth-order valence-electron chi connectivity index (χ4n) is 3.63. The third-order valence-electron chi connectivity index (χ3n) is 4.97. The minimum absolute atomic E-state index is 0.143. The summed E-state index contributed by atoms with van der Waals surface area (Å²) in [6.07, 6.45) is 3.82. The van der Waals surface area contributed by atoms with E-state index < -0.39 is 5.60 Å². The van der Waals surface area contributed by atoms with Crippen LogP contribution in [0.2, 0.25) is 0 Å². The molecule has 0 bridgehead atoms. The Morgan fingerprint density at radius 2 is 1.66 bits per heavy atom. The molecule has 1 aliphatic heterocycles. The highest BCUT2D eigenvalue weighted by atomic mass is 16.3. The highest BCUT2D eigenvalue weighted by Gasteiger charge is 2.18. The quantitative estimate of drug-likeness (QED) is 0.510. The number of hydrogen-bond donors (Lipinski definition) is 1. The van der Waals surface area contributed by atoms with Crippen molar-refractivity contribution in [2.24, 2.45) is 0 Å². The van der Waals surface area contributed by atoms with Crippen molar-refractivity contribution in [2.75, 3.05) is 0 Å². The molecule has 0 radical (unpaired) electrons. The first-order valence-electron chi connectivity index (χ1n) is 11.2. The largest absolute Gasteiger partial charge is 0.389 e. The van der Waals surface area contributed by atoms with E-state index in [-0.39, 0.29) is 12.1 Å². The molecule has 5 rings (SSSR count). The fraction of sp³-hybridized carbons (Fsp3) is 0.346. The molecule has 0 saturated heterocycles. The molecule has 168 valence electrons. The topological polar surface area (TPSA) is 72.9 Å². The Morgan fingerprint density at radius 3 is 2.25 bits per heavy atom. The molecule has 0 aliphatic carbocycles. The zero-order valence-electron chi connectivity index (χ0n) is 19.3. The standard InChI is InChI=1S/C18H20N4O2.C6H6.C2H6/c1-18(2,24)11-21-9-7-12(10-16(21)23)13-5-6-14-17(20-13)22-8-3-4-15(22)19-14;1-2-4-6-5-3-1;1-2/h5-7,9-10,24H,3-4,8,11H2,1-2H3;1-6H;1-2H3. The van der Waals surface area contributed by atoms with Gasteiger partial charge >= 0.3 is 0 Å². The molecular weight excluding hydrogens is 400 g/mol. The van der Waals surface area contributed by atoms with Crippen LogP contribution in [0.1, 0.15) is 39.9 Å². The zero-order valence-corrected chi connectivity index (χ0v) is 19.3. The number of aryl methyl sites for hydroxylation is 2. The van der Waals surface area contributed by atoms with Gasteiger partial charge in [-0.15, -0.1) is 0 Å². The minimum atomic E-state index is -0.930. The van der Waals surface area contributed by atoms with Gasteiger partial charge < -0.3 is 14.2 Å². The second kappa shape index (κ2) is 10.4. The molecule has 0 spiro atoms. The van der Waals surface area contributed by atoms with E-state index in [1.165, 1.54) is 4.57 Å². The van der Waals surface area contributed by atoms with Crippen LogP contribution in [0.4, 0.5) is 0 Å². The molecule has 0 fully saturated rings. The van der Waals surface area contributed by atoms with Crippen molar-refractivity contribution in [2.45, 2.75) is 59.2 Å². The van der Waals surface area contributed by atoms with Crippen LogP contribution in [-0.2, 0) is 19.5 Å². The minimum Gasteiger partial charge on any atom is -0.389 e. The van der Waals surface area contributed by atoms with Gasteiger partial charge in [0.05, 0.1) is 17.8 Å². The van der Waals surface area contributed by atoms with Gasteiger partial charge in [0.15, 0.2) is 5.65 Å². The van der Waals surface area contributed by atoms with E-state index >= 15 is 0 Å². The maximum Gasteiger partial charge on any atom is 0.251 e. The lowest BCUT2D eigenvalue weighted by Gasteiger charge is -2.18. The molecule has 1 aliphatic rings. The fourth-order valence-corrected chi connectivity index (χ4v) is 3.63. The first-order chi connectivity index (χ1) is 15.4. The Hall–Kier alpha value is -3.25. The maximum absolute atomic E-state index is 12.3. The second-order valence-electron chi connectivity index (χ2n) is 8.17. The summed E-state index contributed by atoms with van der Waals surface area (Å²) in [5.41, 5.74) is 2.27. The molecule has 0 amide bonds. The highest BCUT2D eigenvalue weighted by Crippen LogP contribution is 2.24. The molecule has 4 heterocycles. The number of rotatable bonds is 3. The van der Waals surface area contributed by atoms with Gasteiger partial charge in [-0.1, -0.05) is 50.2 Å². The summed E-state index contributed by atoms with van der Waals surface area (Å²) in [6, 6.07) is 19.3. The van der Waals surface area contributed by atoms with Crippen molar-refractivity contribution in [1.82, 2.24) is 19.1 Å². The lowest BCUT2D eigenvalue weighted by molar-refractivity contribution is 0.0604. The normalized spacial score (nSPS) is 12.4. The molecule has 1 aromatic carbocycles. The zero-order chi connectivity index (χ0) is 23.1. The molecule has 0 saturated carbocycles. The molecule has 32 heavy (non-hydrogen) atoms. The van der Waals surface area contributed by atoms with E-state index in [2.05, 4.69) is 9.55 Å². The lowest BCUT2D eigenvalue weighted by atomic mass is 10.1. The van der Waals surface area contributed by atoms with Gasteiger partial charge in [-0.05, 0) is 38.5 Å².